The van der Waals surface area contributed by atoms with Crippen molar-refractivity contribution in [1.82, 2.24) is 20.3 Å². The summed E-state index contributed by atoms with van der Waals surface area (Å²) < 4.78 is 3.04. The van der Waals surface area contributed by atoms with Crippen LogP contribution in [0.4, 0.5) is 0 Å². The molecule has 2 aromatic rings. The summed E-state index contributed by atoms with van der Waals surface area (Å²) in [5, 5.41) is 12.1. The Morgan fingerprint density at radius 3 is 2.40 bits per heavy atom. The van der Waals surface area contributed by atoms with Crippen molar-refractivity contribution in [3.8, 4) is 5.69 Å². The fourth-order valence-electron chi connectivity index (χ4n) is 2.59. The quantitative estimate of drug-likeness (QED) is 0.927. The van der Waals surface area contributed by atoms with Crippen LogP contribution in [0, 0.1) is 20.8 Å². The van der Waals surface area contributed by atoms with Gasteiger partial charge in [0.1, 0.15) is 5.69 Å². The lowest BCUT2D eigenvalue weighted by atomic mass is 10.1. The van der Waals surface area contributed by atoms with Gasteiger partial charge in [0, 0.05) is 4.47 Å². The number of benzene rings is 1. The van der Waals surface area contributed by atoms with E-state index in [9.17, 15) is 0 Å². The van der Waals surface area contributed by atoms with Gasteiger partial charge in [-0.25, -0.2) is 4.68 Å². The van der Waals surface area contributed by atoms with E-state index in [1.54, 1.807) is 0 Å². The zero-order valence-electron chi connectivity index (χ0n) is 12.7. The van der Waals surface area contributed by atoms with Crippen molar-refractivity contribution < 1.29 is 0 Å². The molecule has 4 nitrogen and oxygen atoms in total. The van der Waals surface area contributed by atoms with Gasteiger partial charge in [0.05, 0.1) is 17.4 Å². The lowest BCUT2D eigenvalue weighted by Gasteiger charge is -2.13. The highest BCUT2D eigenvalue weighted by molar-refractivity contribution is 9.10. The van der Waals surface area contributed by atoms with Crippen LogP contribution in [0.2, 0.25) is 0 Å². The smallest absolute Gasteiger partial charge is 0.103 e. The maximum atomic E-state index is 4.35. The normalized spacial score (nSPS) is 12.7. The van der Waals surface area contributed by atoms with Crippen LogP contribution < -0.4 is 5.32 Å². The Kier molecular flexibility index (Phi) is 4.60. The van der Waals surface area contributed by atoms with Crippen LogP contribution in [-0.2, 0) is 0 Å². The minimum Gasteiger partial charge on any atom is -0.309 e. The zero-order valence-corrected chi connectivity index (χ0v) is 14.2. The summed E-state index contributed by atoms with van der Waals surface area (Å²) >= 11 is 3.53. The highest BCUT2D eigenvalue weighted by Crippen LogP contribution is 2.26. The van der Waals surface area contributed by atoms with E-state index in [-0.39, 0.29) is 6.04 Å². The molecule has 1 aromatic heterocycles. The monoisotopic (exact) mass is 336 g/mol. The number of nitrogens with one attached hydrogen (secondary N) is 1. The maximum Gasteiger partial charge on any atom is 0.103 e. The molecule has 0 saturated carbocycles. The standard InChI is InChI=1S/C15H21BrN4/c1-6-17-11(4)14-12(5)20(19-18-14)15-9(2)7-13(16)8-10(15)3/h7-8,11,17H,6H2,1-5H3. The Labute approximate surface area is 128 Å². The second-order valence-corrected chi connectivity index (χ2v) is 6.06. The van der Waals surface area contributed by atoms with Gasteiger partial charge >= 0.3 is 0 Å². The molecule has 0 fully saturated rings. The largest absolute Gasteiger partial charge is 0.309 e. The first kappa shape index (κ1) is 15.2. The molecular weight excluding hydrogens is 316 g/mol. The third-order valence-electron chi connectivity index (χ3n) is 3.52. The molecular formula is C15H21BrN4. The second-order valence-electron chi connectivity index (χ2n) is 5.14. The summed E-state index contributed by atoms with van der Waals surface area (Å²) in [6.07, 6.45) is 0. The average molecular weight is 337 g/mol. The Bertz CT molecular complexity index is 595. The van der Waals surface area contributed by atoms with Crippen LogP contribution in [0.25, 0.3) is 5.69 Å². The third kappa shape index (κ3) is 2.79. The summed E-state index contributed by atoms with van der Waals surface area (Å²) in [6.45, 7) is 11.4. The van der Waals surface area contributed by atoms with Gasteiger partial charge in [0.2, 0.25) is 0 Å². The molecule has 108 valence electrons. The molecule has 0 saturated heterocycles. The van der Waals surface area contributed by atoms with Crippen molar-refractivity contribution in [1.29, 1.82) is 0 Å². The predicted molar refractivity (Wildman–Crippen MR) is 85.4 cm³/mol. The van der Waals surface area contributed by atoms with Crippen molar-refractivity contribution in [3.05, 3.63) is 39.1 Å². The summed E-state index contributed by atoms with van der Waals surface area (Å²) in [5.74, 6) is 0. The summed E-state index contributed by atoms with van der Waals surface area (Å²) in [5.41, 5.74) is 5.59. The topological polar surface area (TPSA) is 42.7 Å². The van der Waals surface area contributed by atoms with Crippen LogP contribution in [-0.4, -0.2) is 21.5 Å². The van der Waals surface area contributed by atoms with Crippen molar-refractivity contribution in [2.75, 3.05) is 6.54 Å². The molecule has 1 N–H and O–H groups in total. The molecule has 1 atom stereocenters. The fraction of sp³-hybridized carbons (Fsp3) is 0.467. The molecule has 0 bridgehead atoms. The molecule has 1 unspecified atom stereocenters. The van der Waals surface area contributed by atoms with Crippen LogP contribution in [0.5, 0.6) is 0 Å². The van der Waals surface area contributed by atoms with Gasteiger partial charge in [-0.15, -0.1) is 5.10 Å². The minimum absolute atomic E-state index is 0.213. The summed E-state index contributed by atoms with van der Waals surface area (Å²) in [7, 11) is 0. The first-order chi connectivity index (χ1) is 9.45. The lowest BCUT2D eigenvalue weighted by Crippen LogP contribution is -2.19. The van der Waals surface area contributed by atoms with Crippen LogP contribution in [0.3, 0.4) is 0 Å². The number of halogens is 1. The highest BCUT2D eigenvalue weighted by Gasteiger charge is 2.17. The number of aryl methyl sites for hydroxylation is 2. The first-order valence-corrected chi connectivity index (χ1v) is 7.67. The molecule has 0 radical (unpaired) electrons. The molecule has 0 aliphatic rings. The van der Waals surface area contributed by atoms with Crippen LogP contribution in [0.15, 0.2) is 16.6 Å². The van der Waals surface area contributed by atoms with E-state index in [0.29, 0.717) is 0 Å². The summed E-state index contributed by atoms with van der Waals surface area (Å²) in [6, 6.07) is 4.43. The lowest BCUT2D eigenvalue weighted by molar-refractivity contribution is 0.579. The molecule has 2 rings (SSSR count). The molecule has 0 amide bonds. The van der Waals surface area contributed by atoms with Crippen molar-refractivity contribution in [2.24, 2.45) is 0 Å². The number of hydrogen-bond acceptors (Lipinski definition) is 3. The SMILES string of the molecule is CCNC(C)c1nnn(-c2c(C)cc(Br)cc2C)c1C. The van der Waals surface area contributed by atoms with Crippen LogP contribution in [0.1, 0.15) is 42.4 Å². The average Bonchev–Trinajstić information content (AvgIpc) is 2.71. The molecule has 1 aromatic carbocycles. The number of aromatic nitrogens is 3. The van der Waals surface area contributed by atoms with Gasteiger partial charge in [-0.1, -0.05) is 28.1 Å². The fourth-order valence-corrected chi connectivity index (χ4v) is 3.28. The van der Waals surface area contributed by atoms with E-state index < -0.39 is 0 Å². The van der Waals surface area contributed by atoms with E-state index >= 15 is 0 Å². The molecule has 1 heterocycles. The van der Waals surface area contributed by atoms with E-state index in [4.69, 9.17) is 0 Å². The van der Waals surface area contributed by atoms with Gasteiger partial charge in [-0.2, -0.15) is 0 Å². The molecule has 5 heteroatoms. The second kappa shape index (κ2) is 6.06. The highest BCUT2D eigenvalue weighted by atomic mass is 79.9. The van der Waals surface area contributed by atoms with Crippen molar-refractivity contribution in [2.45, 2.75) is 40.7 Å². The van der Waals surface area contributed by atoms with Gasteiger partial charge in [0.25, 0.3) is 0 Å². The Hall–Kier alpha value is -1.20. The number of nitrogens with zero attached hydrogens (tertiary/aromatic N) is 3. The minimum atomic E-state index is 0.213. The molecule has 0 aliphatic carbocycles. The third-order valence-corrected chi connectivity index (χ3v) is 3.98. The van der Waals surface area contributed by atoms with E-state index in [2.05, 4.69) is 78.3 Å². The first-order valence-electron chi connectivity index (χ1n) is 6.88. The van der Waals surface area contributed by atoms with Crippen molar-refractivity contribution >= 4 is 15.9 Å². The molecule has 20 heavy (non-hydrogen) atoms. The Morgan fingerprint density at radius 1 is 1.25 bits per heavy atom. The van der Waals surface area contributed by atoms with E-state index in [1.807, 2.05) is 4.68 Å². The molecule has 0 spiro atoms. The van der Waals surface area contributed by atoms with Crippen LogP contribution >= 0.6 is 15.9 Å². The van der Waals surface area contributed by atoms with E-state index in [0.717, 1.165) is 28.1 Å². The Morgan fingerprint density at radius 2 is 1.85 bits per heavy atom. The van der Waals surface area contributed by atoms with Gasteiger partial charge in [-0.05, 0) is 57.5 Å². The molecule has 0 aliphatic heterocycles. The van der Waals surface area contributed by atoms with Gasteiger partial charge in [0.15, 0.2) is 0 Å². The summed E-state index contributed by atoms with van der Waals surface area (Å²) in [4.78, 5) is 0. The van der Waals surface area contributed by atoms with Crippen molar-refractivity contribution in [3.63, 3.8) is 0 Å². The van der Waals surface area contributed by atoms with Gasteiger partial charge in [-0.3, -0.25) is 0 Å². The number of hydrogen-bond donors (Lipinski definition) is 1. The van der Waals surface area contributed by atoms with E-state index in [1.165, 1.54) is 11.1 Å². The Balaban J connectivity index is 2.50. The predicted octanol–water partition coefficient (Wildman–Crippen LogP) is 3.63. The zero-order chi connectivity index (χ0) is 14.9. The van der Waals surface area contributed by atoms with Gasteiger partial charge < -0.3 is 5.32 Å². The number of rotatable bonds is 4. The maximum absolute atomic E-state index is 4.35.